The van der Waals surface area contributed by atoms with Crippen molar-refractivity contribution < 1.29 is 45.9 Å². The van der Waals surface area contributed by atoms with Crippen LogP contribution in [0.1, 0.15) is 32.1 Å². The number of carboxylic acids is 1. The smallest absolute Gasteiger partial charge is 0.329 e. The summed E-state index contributed by atoms with van der Waals surface area (Å²) in [5.41, 5.74) is 3.69. The van der Waals surface area contributed by atoms with Gasteiger partial charge in [-0.1, -0.05) is 0 Å². The first-order valence-electron chi connectivity index (χ1n) is 8.76. The second-order valence-corrected chi connectivity index (χ2v) is 7.31. The molecule has 2 aliphatic rings. The van der Waals surface area contributed by atoms with E-state index in [9.17, 15) is 30.3 Å². The summed E-state index contributed by atoms with van der Waals surface area (Å²) in [5.74, 6) is -1.11. The normalized spacial score (nSPS) is 38.9. The molecule has 9 N–H and O–H groups in total. The highest BCUT2D eigenvalue weighted by atomic mass is 16.5. The fourth-order valence-corrected chi connectivity index (χ4v) is 3.93. The molecule has 0 amide bonds. The molecular weight excluding hydrogens is 318 g/mol. The van der Waals surface area contributed by atoms with Crippen LogP contribution in [-0.4, -0.2) is 70.9 Å². The Morgan fingerprint density at radius 3 is 2.33 bits per heavy atom. The summed E-state index contributed by atoms with van der Waals surface area (Å²) in [4.78, 5) is 12.4. The van der Waals surface area contributed by atoms with Crippen LogP contribution in [0.2, 0.25) is 0 Å². The van der Waals surface area contributed by atoms with E-state index in [-0.39, 0.29) is 11.8 Å². The lowest BCUT2D eigenvalue weighted by atomic mass is 9.81. The molecule has 0 aromatic rings. The Labute approximate surface area is 141 Å². The summed E-state index contributed by atoms with van der Waals surface area (Å²) in [6.45, 7) is 1.43. The molecule has 9 heteroatoms. The van der Waals surface area contributed by atoms with Crippen LogP contribution >= 0.6 is 0 Å². The van der Waals surface area contributed by atoms with Crippen LogP contribution in [-0.2, 0) is 4.79 Å². The Balaban J connectivity index is 1.89. The third-order valence-corrected chi connectivity index (χ3v) is 5.56. The van der Waals surface area contributed by atoms with Crippen LogP contribution in [0.15, 0.2) is 0 Å². The molecule has 2 rings (SSSR count). The first-order chi connectivity index (χ1) is 11.3. The Morgan fingerprint density at radius 1 is 1.17 bits per heavy atom. The molecule has 1 aliphatic heterocycles. The zero-order valence-electron chi connectivity index (χ0n) is 13.9. The topological polar surface area (TPSA) is 158 Å². The number of aliphatic hydroxyl groups excluding tert-OH is 3. The summed E-state index contributed by atoms with van der Waals surface area (Å²) in [6.07, 6.45) is 0.153. The van der Waals surface area contributed by atoms with E-state index in [0.717, 1.165) is 17.7 Å². The maximum Gasteiger partial charge on any atom is 0.329 e. The average Bonchev–Trinajstić information content (AvgIpc) is 2.54. The number of carbonyl (C=O) groups is 1. The van der Waals surface area contributed by atoms with Crippen LogP contribution in [0.25, 0.3) is 0 Å². The van der Waals surface area contributed by atoms with Crippen molar-refractivity contribution in [3.63, 3.8) is 0 Å². The van der Waals surface area contributed by atoms with Gasteiger partial charge >= 0.3 is 6.35 Å². The standard InChI is InChI=1S/C15H29N3O6/c16-11(14(22)23)8-17-6-5-12(19)18(15(17)24)7-9-1-3-10(4-2-9)13(20)21/h9-12,14-15,19,22-24H,1-8,16H2,(H,20,21)/p+2/t9?,10?,11-,12?,15?/m0/s1. The summed E-state index contributed by atoms with van der Waals surface area (Å²) >= 11 is 0. The maximum atomic E-state index is 10.9. The lowest BCUT2D eigenvalue weighted by Gasteiger charge is -2.40. The zero-order chi connectivity index (χ0) is 17.9. The third kappa shape index (κ3) is 4.85. The number of hydrogen-bond donors (Lipinski definition) is 7. The highest BCUT2D eigenvalue weighted by molar-refractivity contribution is 5.67. The van der Waals surface area contributed by atoms with Crippen LogP contribution in [0.3, 0.4) is 0 Å². The Bertz CT molecular complexity index is 416. The van der Waals surface area contributed by atoms with Crippen molar-refractivity contribution in [2.45, 2.75) is 57.0 Å². The molecule has 140 valence electrons. The highest BCUT2D eigenvalue weighted by Crippen LogP contribution is 2.27. The van der Waals surface area contributed by atoms with Crippen LogP contribution in [0, 0.1) is 11.8 Å². The van der Waals surface area contributed by atoms with E-state index >= 15 is 0 Å². The summed E-state index contributed by atoms with van der Waals surface area (Å²) in [5, 5.41) is 50.1. The molecule has 4 unspecified atom stereocenters. The maximum absolute atomic E-state index is 10.9. The van der Waals surface area contributed by atoms with Gasteiger partial charge in [0.15, 0.2) is 6.04 Å². The Kier molecular flexibility index (Phi) is 6.93. The molecule has 1 saturated heterocycles. The largest absolute Gasteiger partial charge is 0.550 e. The van der Waals surface area contributed by atoms with Crippen molar-refractivity contribution in [3.8, 4) is 0 Å². The molecule has 2 fully saturated rings. The van der Waals surface area contributed by atoms with Gasteiger partial charge in [0, 0.05) is 11.9 Å². The van der Waals surface area contributed by atoms with Gasteiger partial charge in [0.05, 0.1) is 19.5 Å². The molecule has 0 aromatic heterocycles. The van der Waals surface area contributed by atoms with E-state index in [1.807, 2.05) is 0 Å². The Hall–Kier alpha value is -0.810. The van der Waals surface area contributed by atoms with E-state index in [1.54, 1.807) is 0 Å². The number of aliphatic carboxylic acids is 1. The number of rotatable bonds is 6. The molecule has 0 radical (unpaired) electrons. The second kappa shape index (κ2) is 8.52. The minimum absolute atomic E-state index is 0.262. The van der Waals surface area contributed by atoms with E-state index in [2.05, 4.69) is 5.73 Å². The third-order valence-electron chi connectivity index (χ3n) is 5.56. The number of nitrogens with one attached hydrogen (secondary N) is 2. The average molecular weight is 349 g/mol. The predicted octanol–water partition coefficient (Wildman–Crippen LogP) is -6.77. The molecule has 9 nitrogen and oxygen atoms in total. The molecule has 1 saturated carbocycles. The second-order valence-electron chi connectivity index (χ2n) is 7.31. The van der Waals surface area contributed by atoms with Crippen LogP contribution in [0.4, 0.5) is 0 Å². The van der Waals surface area contributed by atoms with E-state index in [0.29, 0.717) is 43.8 Å². The molecule has 0 bridgehead atoms. The van der Waals surface area contributed by atoms with Gasteiger partial charge in [-0.3, -0.25) is 10.0 Å². The molecule has 5 atom stereocenters. The molecule has 24 heavy (non-hydrogen) atoms. The van der Waals surface area contributed by atoms with Crippen molar-refractivity contribution in [2.75, 3.05) is 19.6 Å². The molecule has 0 spiro atoms. The van der Waals surface area contributed by atoms with Gasteiger partial charge in [-0.25, -0.2) is 4.90 Å². The van der Waals surface area contributed by atoms with Gasteiger partial charge in [0.1, 0.15) is 6.54 Å². The molecule has 0 aromatic carbocycles. The Morgan fingerprint density at radius 2 is 1.79 bits per heavy atom. The minimum Gasteiger partial charge on any atom is -0.550 e. The van der Waals surface area contributed by atoms with Gasteiger partial charge in [0.25, 0.3) is 0 Å². The molecule has 1 aliphatic carbocycles. The number of aliphatic hydroxyl groups is 4. The predicted molar refractivity (Wildman–Crippen MR) is 78.5 cm³/mol. The SMILES string of the molecule is [NH3+][C@@H](C[NH+]1CCC(O)[NH+](CC2CCC(C(=O)[O-])CC2)C1O)C(O)O. The van der Waals surface area contributed by atoms with Crippen LogP contribution < -0.4 is 20.6 Å². The van der Waals surface area contributed by atoms with Crippen molar-refractivity contribution >= 4 is 5.97 Å². The first kappa shape index (κ1) is 19.5. The minimum atomic E-state index is -1.53. The van der Waals surface area contributed by atoms with Gasteiger partial charge in [-0.05, 0) is 31.6 Å². The molecule has 1 heterocycles. The number of quaternary nitrogens is 3. The highest BCUT2D eigenvalue weighted by Gasteiger charge is 2.43. The van der Waals surface area contributed by atoms with Crippen molar-refractivity contribution in [1.82, 2.24) is 0 Å². The fourth-order valence-electron chi connectivity index (χ4n) is 3.93. The fraction of sp³-hybridized carbons (Fsp3) is 0.933. The summed E-state index contributed by atoms with van der Waals surface area (Å²) < 4.78 is 0. The summed E-state index contributed by atoms with van der Waals surface area (Å²) in [6, 6.07) is -0.607. The quantitative estimate of drug-likeness (QED) is 0.236. The van der Waals surface area contributed by atoms with Gasteiger partial charge in [-0.2, -0.15) is 0 Å². The van der Waals surface area contributed by atoms with E-state index < -0.39 is 30.9 Å². The number of hydrogen-bond acceptors (Lipinski definition) is 6. The van der Waals surface area contributed by atoms with E-state index in [4.69, 9.17) is 0 Å². The van der Waals surface area contributed by atoms with Crippen molar-refractivity contribution in [1.29, 1.82) is 0 Å². The monoisotopic (exact) mass is 349 g/mol. The van der Waals surface area contributed by atoms with E-state index in [1.165, 1.54) is 0 Å². The first-order valence-corrected chi connectivity index (χ1v) is 8.76. The lowest BCUT2D eigenvalue weighted by Crippen LogP contribution is -3.41. The van der Waals surface area contributed by atoms with Crippen molar-refractivity contribution in [3.05, 3.63) is 0 Å². The van der Waals surface area contributed by atoms with Crippen LogP contribution in [0.5, 0.6) is 0 Å². The summed E-state index contributed by atoms with van der Waals surface area (Å²) in [7, 11) is 0. The molecular formula is C15H31N3O6+2. The lowest BCUT2D eigenvalue weighted by molar-refractivity contribution is -1.18. The van der Waals surface area contributed by atoms with Gasteiger partial charge < -0.3 is 31.0 Å². The zero-order valence-corrected chi connectivity index (χ0v) is 13.9. The number of carboxylic acid groups (broad SMARTS) is 1. The van der Waals surface area contributed by atoms with Gasteiger partial charge in [0.2, 0.25) is 12.5 Å². The number of carbonyl (C=O) groups excluding carboxylic acids is 1. The van der Waals surface area contributed by atoms with Gasteiger partial charge in [-0.15, -0.1) is 0 Å². The van der Waals surface area contributed by atoms with Crippen molar-refractivity contribution in [2.24, 2.45) is 11.8 Å².